The van der Waals surface area contributed by atoms with Crippen LogP contribution in [0.2, 0.25) is 0 Å². The van der Waals surface area contributed by atoms with Gasteiger partial charge in [-0.25, -0.2) is 0 Å². The highest BCUT2D eigenvalue weighted by atomic mass is 16.3. The van der Waals surface area contributed by atoms with Gasteiger partial charge < -0.3 is 5.11 Å². The molecule has 0 fully saturated rings. The average Bonchev–Trinajstić information content (AvgIpc) is 2.38. The number of benzene rings is 2. The lowest BCUT2D eigenvalue weighted by molar-refractivity contribution is 0.104. The van der Waals surface area contributed by atoms with E-state index in [0.29, 0.717) is 5.56 Å². The second-order valence-electron chi connectivity index (χ2n) is 4.16. The van der Waals surface area contributed by atoms with Crippen LogP contribution >= 0.6 is 0 Å². The Morgan fingerprint density at radius 1 is 1.00 bits per heavy atom. The Labute approximate surface area is 106 Å². The molecule has 2 aromatic rings. The highest BCUT2D eigenvalue weighted by Crippen LogP contribution is 2.11. The van der Waals surface area contributed by atoms with Crippen molar-refractivity contribution in [1.82, 2.24) is 0 Å². The molecule has 0 amide bonds. The van der Waals surface area contributed by atoms with E-state index in [0.717, 1.165) is 11.1 Å². The third-order valence-corrected chi connectivity index (χ3v) is 2.66. The molecule has 0 atom stereocenters. The summed E-state index contributed by atoms with van der Waals surface area (Å²) in [4.78, 5) is 11.9. The fourth-order valence-electron chi connectivity index (χ4n) is 1.57. The second-order valence-corrected chi connectivity index (χ2v) is 4.16. The lowest BCUT2D eigenvalue weighted by Gasteiger charge is -1.97. The summed E-state index contributed by atoms with van der Waals surface area (Å²) in [5, 5.41) is 9.15. The molecule has 0 saturated heterocycles. The van der Waals surface area contributed by atoms with E-state index < -0.39 is 0 Å². The van der Waals surface area contributed by atoms with E-state index in [1.54, 1.807) is 30.3 Å². The lowest BCUT2D eigenvalue weighted by atomic mass is 10.1. The molecule has 0 spiro atoms. The standard InChI is InChI=1S/C16H14O2/c1-12-2-7-14(8-3-12)16(18)11-6-13-4-9-15(17)10-5-13/h2-11,17H,1H3/b11-6+. The molecule has 0 saturated carbocycles. The molecule has 0 radical (unpaired) electrons. The van der Waals surface area contributed by atoms with Gasteiger partial charge in [0.2, 0.25) is 0 Å². The Bertz CT molecular complexity index is 563. The van der Waals surface area contributed by atoms with E-state index in [-0.39, 0.29) is 11.5 Å². The SMILES string of the molecule is Cc1ccc(C(=O)/C=C/c2ccc(O)cc2)cc1. The third kappa shape index (κ3) is 3.08. The number of hydrogen-bond donors (Lipinski definition) is 1. The lowest BCUT2D eigenvalue weighted by Crippen LogP contribution is -1.93. The van der Waals surface area contributed by atoms with E-state index in [1.165, 1.54) is 6.08 Å². The van der Waals surface area contributed by atoms with E-state index in [2.05, 4.69) is 0 Å². The molecule has 90 valence electrons. The van der Waals surface area contributed by atoms with E-state index in [9.17, 15) is 4.79 Å². The number of hydrogen-bond acceptors (Lipinski definition) is 2. The van der Waals surface area contributed by atoms with Crippen LogP contribution in [-0.4, -0.2) is 10.9 Å². The van der Waals surface area contributed by atoms with Gasteiger partial charge in [-0.15, -0.1) is 0 Å². The van der Waals surface area contributed by atoms with Crippen molar-refractivity contribution in [2.24, 2.45) is 0 Å². The van der Waals surface area contributed by atoms with Gasteiger partial charge in [-0.1, -0.05) is 48.0 Å². The van der Waals surface area contributed by atoms with Crippen LogP contribution in [0.5, 0.6) is 5.75 Å². The maximum atomic E-state index is 11.9. The third-order valence-electron chi connectivity index (χ3n) is 2.66. The van der Waals surface area contributed by atoms with Gasteiger partial charge in [-0.3, -0.25) is 4.79 Å². The number of rotatable bonds is 3. The monoisotopic (exact) mass is 238 g/mol. The van der Waals surface area contributed by atoms with Gasteiger partial charge in [0.1, 0.15) is 5.75 Å². The van der Waals surface area contributed by atoms with Crippen molar-refractivity contribution in [2.45, 2.75) is 6.92 Å². The van der Waals surface area contributed by atoms with E-state index in [4.69, 9.17) is 5.11 Å². The Balaban J connectivity index is 2.11. The van der Waals surface area contributed by atoms with Crippen LogP contribution in [0, 0.1) is 6.92 Å². The summed E-state index contributed by atoms with van der Waals surface area (Å²) in [6, 6.07) is 14.2. The second kappa shape index (κ2) is 5.32. The number of carbonyl (C=O) groups is 1. The highest BCUT2D eigenvalue weighted by Gasteiger charge is 2.00. The number of ketones is 1. The first-order valence-corrected chi connectivity index (χ1v) is 5.73. The van der Waals surface area contributed by atoms with Gasteiger partial charge in [0.15, 0.2) is 5.78 Å². The molecule has 2 rings (SSSR count). The van der Waals surface area contributed by atoms with Gasteiger partial charge in [0, 0.05) is 5.56 Å². The molecule has 0 aliphatic rings. The number of phenolic OH excluding ortho intramolecular Hbond substituents is 1. The van der Waals surface area contributed by atoms with Crippen LogP contribution in [0.1, 0.15) is 21.5 Å². The summed E-state index contributed by atoms with van der Waals surface area (Å²) in [6.07, 6.45) is 3.28. The van der Waals surface area contributed by atoms with E-state index >= 15 is 0 Å². The topological polar surface area (TPSA) is 37.3 Å². The molecule has 2 nitrogen and oxygen atoms in total. The normalized spacial score (nSPS) is 10.7. The molecule has 2 aromatic carbocycles. The molecule has 0 aliphatic carbocycles. The molecule has 0 aliphatic heterocycles. The number of carbonyl (C=O) groups excluding carboxylic acids is 1. The molecule has 0 bridgehead atoms. The first-order valence-electron chi connectivity index (χ1n) is 5.73. The molecular weight excluding hydrogens is 224 g/mol. The van der Waals surface area contributed by atoms with Crippen LogP contribution in [-0.2, 0) is 0 Å². The number of phenols is 1. The summed E-state index contributed by atoms with van der Waals surface area (Å²) in [5.41, 5.74) is 2.69. The van der Waals surface area contributed by atoms with Gasteiger partial charge >= 0.3 is 0 Å². The number of allylic oxidation sites excluding steroid dienone is 1. The van der Waals surface area contributed by atoms with Crippen molar-refractivity contribution in [1.29, 1.82) is 0 Å². The van der Waals surface area contributed by atoms with Crippen LogP contribution in [0.4, 0.5) is 0 Å². The fourth-order valence-corrected chi connectivity index (χ4v) is 1.57. The molecule has 0 heterocycles. The van der Waals surface area contributed by atoms with Gasteiger partial charge in [-0.2, -0.15) is 0 Å². The fraction of sp³-hybridized carbons (Fsp3) is 0.0625. The quantitative estimate of drug-likeness (QED) is 0.655. The van der Waals surface area contributed by atoms with Crippen molar-refractivity contribution < 1.29 is 9.90 Å². The Morgan fingerprint density at radius 3 is 2.22 bits per heavy atom. The van der Waals surface area contributed by atoms with Gasteiger partial charge in [-0.05, 0) is 30.7 Å². The maximum Gasteiger partial charge on any atom is 0.185 e. The van der Waals surface area contributed by atoms with Gasteiger partial charge in [0.25, 0.3) is 0 Å². The Hall–Kier alpha value is -2.35. The maximum absolute atomic E-state index is 11.9. The summed E-state index contributed by atoms with van der Waals surface area (Å²) in [6.45, 7) is 1.99. The average molecular weight is 238 g/mol. The van der Waals surface area contributed by atoms with Crippen LogP contribution in [0.3, 0.4) is 0 Å². The van der Waals surface area contributed by atoms with Crippen molar-refractivity contribution in [3.05, 3.63) is 71.3 Å². The van der Waals surface area contributed by atoms with Crippen molar-refractivity contribution in [2.75, 3.05) is 0 Å². The predicted molar refractivity (Wildman–Crippen MR) is 72.7 cm³/mol. The summed E-state index contributed by atoms with van der Waals surface area (Å²) >= 11 is 0. The van der Waals surface area contributed by atoms with Crippen molar-refractivity contribution >= 4 is 11.9 Å². The number of aryl methyl sites for hydroxylation is 1. The molecule has 0 unspecified atom stereocenters. The van der Waals surface area contributed by atoms with E-state index in [1.807, 2.05) is 31.2 Å². The summed E-state index contributed by atoms with van der Waals surface area (Å²) < 4.78 is 0. The zero-order chi connectivity index (χ0) is 13.0. The van der Waals surface area contributed by atoms with Gasteiger partial charge in [0.05, 0.1) is 0 Å². The smallest absolute Gasteiger partial charge is 0.185 e. The minimum absolute atomic E-state index is 0.0249. The molecule has 0 aromatic heterocycles. The van der Waals surface area contributed by atoms with Crippen molar-refractivity contribution in [3.63, 3.8) is 0 Å². The van der Waals surface area contributed by atoms with Crippen LogP contribution in [0.25, 0.3) is 6.08 Å². The first kappa shape index (κ1) is 12.1. The Kier molecular flexibility index (Phi) is 3.58. The summed E-state index contributed by atoms with van der Waals surface area (Å²) in [5.74, 6) is 0.195. The highest BCUT2D eigenvalue weighted by molar-refractivity contribution is 6.06. The van der Waals surface area contributed by atoms with Crippen LogP contribution < -0.4 is 0 Å². The van der Waals surface area contributed by atoms with Crippen molar-refractivity contribution in [3.8, 4) is 5.75 Å². The first-order chi connectivity index (χ1) is 8.65. The number of aromatic hydroxyl groups is 1. The molecule has 2 heteroatoms. The molecular formula is C16H14O2. The summed E-state index contributed by atoms with van der Waals surface area (Å²) in [7, 11) is 0. The molecule has 1 N–H and O–H groups in total. The molecule has 18 heavy (non-hydrogen) atoms. The largest absolute Gasteiger partial charge is 0.508 e. The minimum atomic E-state index is -0.0249. The Morgan fingerprint density at radius 2 is 1.61 bits per heavy atom. The zero-order valence-electron chi connectivity index (χ0n) is 10.1. The predicted octanol–water partition coefficient (Wildman–Crippen LogP) is 3.60. The zero-order valence-corrected chi connectivity index (χ0v) is 10.1. The minimum Gasteiger partial charge on any atom is -0.508 e. The van der Waals surface area contributed by atoms with Crippen LogP contribution in [0.15, 0.2) is 54.6 Å².